The molecule has 0 saturated carbocycles. The van der Waals surface area contributed by atoms with Crippen molar-refractivity contribution in [1.29, 1.82) is 0 Å². The highest BCUT2D eigenvalue weighted by Crippen LogP contribution is 2.21. The summed E-state index contributed by atoms with van der Waals surface area (Å²) < 4.78 is 5.31. The molecule has 0 bridgehead atoms. The van der Waals surface area contributed by atoms with Crippen molar-refractivity contribution in [3.05, 3.63) is 0 Å². The summed E-state index contributed by atoms with van der Waals surface area (Å²) in [5.74, 6) is 0.724. The maximum Gasteiger partial charge on any atom is 0.135 e. The first-order valence-electron chi connectivity index (χ1n) is 4.13. The molecular formula is C8H17NO. The van der Waals surface area contributed by atoms with Crippen molar-refractivity contribution in [2.75, 3.05) is 6.54 Å². The van der Waals surface area contributed by atoms with Crippen LogP contribution in [-0.2, 0) is 4.74 Å². The number of hydrogen-bond acceptors (Lipinski definition) is 2. The van der Waals surface area contributed by atoms with E-state index < -0.39 is 0 Å². The van der Waals surface area contributed by atoms with Crippen molar-refractivity contribution in [3.63, 3.8) is 0 Å². The van der Waals surface area contributed by atoms with Gasteiger partial charge in [0, 0.05) is 0 Å². The summed E-state index contributed by atoms with van der Waals surface area (Å²) in [7, 11) is 0. The van der Waals surface area contributed by atoms with E-state index >= 15 is 0 Å². The summed E-state index contributed by atoms with van der Waals surface area (Å²) in [6.45, 7) is 7.63. The van der Waals surface area contributed by atoms with Gasteiger partial charge in [-0.2, -0.15) is 0 Å². The molecule has 0 spiro atoms. The molecule has 0 aromatic heterocycles. The summed E-state index contributed by atoms with van der Waals surface area (Å²) in [6, 6.07) is 0. The Hall–Kier alpha value is -0.0800. The molecule has 0 aliphatic carbocycles. The lowest BCUT2D eigenvalue weighted by Gasteiger charge is -2.02. The van der Waals surface area contributed by atoms with Gasteiger partial charge in [0.1, 0.15) is 6.23 Å². The van der Waals surface area contributed by atoms with E-state index in [4.69, 9.17) is 4.74 Å². The van der Waals surface area contributed by atoms with Crippen LogP contribution in [0.15, 0.2) is 0 Å². The van der Waals surface area contributed by atoms with Gasteiger partial charge in [-0.1, -0.05) is 20.8 Å². The summed E-state index contributed by atoms with van der Waals surface area (Å²) in [6.07, 6.45) is 2.00. The Labute approximate surface area is 63.0 Å². The molecule has 0 aromatic rings. The molecule has 0 aromatic carbocycles. The fourth-order valence-electron chi connectivity index (χ4n) is 0.985. The zero-order valence-corrected chi connectivity index (χ0v) is 7.05. The highest BCUT2D eigenvalue weighted by molar-refractivity contribution is 4.80. The van der Waals surface area contributed by atoms with Crippen molar-refractivity contribution in [1.82, 2.24) is 5.32 Å². The molecule has 1 unspecified atom stereocenters. The Morgan fingerprint density at radius 3 is 2.60 bits per heavy atom. The second-order valence-electron chi connectivity index (χ2n) is 3.31. The van der Waals surface area contributed by atoms with Crippen molar-refractivity contribution >= 4 is 0 Å². The minimum atomic E-state index is 0.368. The van der Waals surface area contributed by atoms with Gasteiger partial charge in [-0.05, 0) is 18.9 Å². The minimum Gasteiger partial charge on any atom is -0.353 e. The smallest absolute Gasteiger partial charge is 0.135 e. The van der Waals surface area contributed by atoms with E-state index in [1.165, 1.54) is 0 Å². The molecule has 1 heterocycles. The molecule has 2 heteroatoms. The van der Waals surface area contributed by atoms with Gasteiger partial charge in [0.2, 0.25) is 0 Å². The zero-order valence-electron chi connectivity index (χ0n) is 7.05. The Morgan fingerprint density at radius 1 is 1.50 bits per heavy atom. The summed E-state index contributed by atoms with van der Waals surface area (Å²) in [4.78, 5) is 0. The van der Waals surface area contributed by atoms with Crippen molar-refractivity contribution in [3.8, 4) is 0 Å². The van der Waals surface area contributed by atoms with Crippen LogP contribution in [0.2, 0.25) is 0 Å². The van der Waals surface area contributed by atoms with Crippen LogP contribution in [-0.4, -0.2) is 18.9 Å². The molecule has 10 heavy (non-hydrogen) atoms. The van der Waals surface area contributed by atoms with Crippen LogP contribution in [0, 0.1) is 5.92 Å². The molecule has 2 atom stereocenters. The van der Waals surface area contributed by atoms with Gasteiger partial charge < -0.3 is 4.74 Å². The average Bonchev–Trinajstić information content (AvgIpc) is 2.61. The lowest BCUT2D eigenvalue weighted by atomic mass is 10.2. The Bertz CT molecular complexity index is 103. The van der Waals surface area contributed by atoms with Gasteiger partial charge in [-0.15, -0.1) is 0 Å². The molecule has 1 N–H and O–H groups in total. The standard InChI is InChI=1S/C8H17NO/c1-4-7-8(10-7)9-5-6(2)3/h6-9H,4-5H2,1-3H3/t7?,8-/m0/s1. The molecule has 0 amide bonds. The number of rotatable bonds is 4. The SMILES string of the molecule is CCC1O[C@@H]1NCC(C)C. The van der Waals surface area contributed by atoms with Gasteiger partial charge >= 0.3 is 0 Å². The predicted molar refractivity (Wildman–Crippen MR) is 41.8 cm³/mol. The molecular weight excluding hydrogens is 126 g/mol. The maximum atomic E-state index is 5.31. The molecule has 2 nitrogen and oxygen atoms in total. The molecule has 60 valence electrons. The topological polar surface area (TPSA) is 24.6 Å². The molecule has 1 fully saturated rings. The monoisotopic (exact) mass is 143 g/mol. The lowest BCUT2D eigenvalue weighted by Crippen LogP contribution is -2.24. The fourth-order valence-corrected chi connectivity index (χ4v) is 0.985. The van der Waals surface area contributed by atoms with Crippen molar-refractivity contribution < 1.29 is 4.74 Å². The summed E-state index contributed by atoms with van der Waals surface area (Å²) >= 11 is 0. The van der Waals surface area contributed by atoms with Gasteiger partial charge in [0.25, 0.3) is 0 Å². The molecule has 1 rings (SSSR count). The van der Waals surface area contributed by atoms with Gasteiger partial charge in [-0.3, -0.25) is 5.32 Å². The normalized spacial score (nSPS) is 31.2. The minimum absolute atomic E-state index is 0.368. The zero-order chi connectivity index (χ0) is 7.56. The van der Waals surface area contributed by atoms with Crippen LogP contribution >= 0.6 is 0 Å². The Morgan fingerprint density at radius 2 is 2.20 bits per heavy atom. The predicted octanol–water partition coefficient (Wildman–Crippen LogP) is 1.37. The first-order chi connectivity index (χ1) is 4.74. The first kappa shape index (κ1) is 8.02. The second-order valence-corrected chi connectivity index (χ2v) is 3.31. The number of epoxide rings is 1. The van der Waals surface area contributed by atoms with Crippen LogP contribution in [0.1, 0.15) is 27.2 Å². The number of nitrogens with one attached hydrogen (secondary N) is 1. The van der Waals surface area contributed by atoms with E-state index in [1.807, 2.05) is 0 Å². The molecule has 1 saturated heterocycles. The third kappa shape index (κ3) is 2.27. The van der Waals surface area contributed by atoms with Crippen LogP contribution < -0.4 is 5.32 Å². The number of ether oxygens (including phenoxy) is 1. The summed E-state index contributed by atoms with van der Waals surface area (Å²) in [5.41, 5.74) is 0. The molecule has 1 aliphatic heterocycles. The van der Waals surface area contributed by atoms with E-state index in [9.17, 15) is 0 Å². The third-order valence-corrected chi connectivity index (χ3v) is 1.71. The fraction of sp³-hybridized carbons (Fsp3) is 1.00. The van der Waals surface area contributed by atoms with Crippen molar-refractivity contribution in [2.45, 2.75) is 39.5 Å². The highest BCUT2D eigenvalue weighted by atomic mass is 16.6. The highest BCUT2D eigenvalue weighted by Gasteiger charge is 2.36. The molecule has 1 aliphatic rings. The van der Waals surface area contributed by atoms with E-state index in [2.05, 4.69) is 26.1 Å². The number of hydrogen-bond donors (Lipinski definition) is 1. The van der Waals surface area contributed by atoms with Crippen LogP contribution in [0.25, 0.3) is 0 Å². The second kappa shape index (κ2) is 3.35. The average molecular weight is 143 g/mol. The molecule has 0 radical (unpaired) electrons. The summed E-state index contributed by atoms with van der Waals surface area (Å²) in [5, 5.41) is 3.33. The van der Waals surface area contributed by atoms with Gasteiger partial charge in [-0.25, -0.2) is 0 Å². The van der Waals surface area contributed by atoms with E-state index in [-0.39, 0.29) is 0 Å². The van der Waals surface area contributed by atoms with Crippen LogP contribution in [0.3, 0.4) is 0 Å². The third-order valence-electron chi connectivity index (χ3n) is 1.71. The first-order valence-corrected chi connectivity index (χ1v) is 4.13. The van der Waals surface area contributed by atoms with Crippen LogP contribution in [0.5, 0.6) is 0 Å². The Balaban J connectivity index is 1.96. The van der Waals surface area contributed by atoms with E-state index in [0.717, 1.165) is 18.9 Å². The Kier molecular flexibility index (Phi) is 2.69. The van der Waals surface area contributed by atoms with E-state index in [0.29, 0.717) is 12.3 Å². The maximum absolute atomic E-state index is 5.31. The lowest BCUT2D eigenvalue weighted by molar-refractivity contribution is 0.335. The van der Waals surface area contributed by atoms with Gasteiger partial charge in [0.05, 0.1) is 6.10 Å². The van der Waals surface area contributed by atoms with Crippen molar-refractivity contribution in [2.24, 2.45) is 5.92 Å². The quantitative estimate of drug-likeness (QED) is 0.601. The van der Waals surface area contributed by atoms with Gasteiger partial charge in [0.15, 0.2) is 0 Å². The largest absolute Gasteiger partial charge is 0.353 e. The van der Waals surface area contributed by atoms with Crippen LogP contribution in [0.4, 0.5) is 0 Å². The van der Waals surface area contributed by atoms with E-state index in [1.54, 1.807) is 0 Å².